The van der Waals surface area contributed by atoms with Crippen LogP contribution in [0.4, 0.5) is 0 Å². The molecule has 2 aromatic heterocycles. The van der Waals surface area contributed by atoms with E-state index >= 15 is 0 Å². The number of hydrogen-bond acceptors (Lipinski definition) is 5. The van der Waals surface area contributed by atoms with Gasteiger partial charge in [0.25, 0.3) is 5.91 Å². The molecule has 6 heteroatoms. The average molecular weight is 334 g/mol. The van der Waals surface area contributed by atoms with Crippen LogP contribution in [0.25, 0.3) is 11.3 Å². The molecule has 1 aromatic carbocycles. The van der Waals surface area contributed by atoms with E-state index in [0.717, 1.165) is 24.1 Å². The third-order valence-electron chi connectivity index (χ3n) is 4.34. The fraction of sp³-hybridized carbons (Fsp3) is 0.263. The lowest BCUT2D eigenvalue weighted by molar-refractivity contribution is 0.0929. The molecule has 0 bridgehead atoms. The summed E-state index contributed by atoms with van der Waals surface area (Å²) in [6.07, 6.45) is 6.95. The number of amides is 1. The van der Waals surface area contributed by atoms with Crippen LogP contribution >= 0.6 is 0 Å². The Morgan fingerprint density at radius 1 is 1.24 bits per heavy atom. The molecule has 3 aromatic rings. The molecule has 2 heterocycles. The van der Waals surface area contributed by atoms with Crippen LogP contribution in [-0.4, -0.2) is 20.9 Å². The first-order valence-electron chi connectivity index (χ1n) is 8.30. The lowest BCUT2D eigenvalue weighted by atomic mass is 10.1. The highest BCUT2D eigenvalue weighted by molar-refractivity contribution is 5.94. The number of nitrogens with one attached hydrogen (secondary N) is 1. The van der Waals surface area contributed by atoms with Gasteiger partial charge in [0.05, 0.1) is 12.2 Å². The highest BCUT2D eigenvalue weighted by Gasteiger charge is 2.35. The quantitative estimate of drug-likeness (QED) is 0.774. The van der Waals surface area contributed by atoms with Gasteiger partial charge in [-0.2, -0.15) is 0 Å². The highest BCUT2D eigenvalue weighted by atomic mass is 16.3. The zero-order valence-electron chi connectivity index (χ0n) is 13.8. The summed E-state index contributed by atoms with van der Waals surface area (Å²) < 4.78 is 5.27. The molecule has 126 valence electrons. The third-order valence-corrected chi connectivity index (χ3v) is 4.34. The normalized spacial score (nSPS) is 14.9. The van der Waals surface area contributed by atoms with E-state index in [1.807, 2.05) is 25.1 Å². The number of carbonyl (C=O) groups is 1. The van der Waals surface area contributed by atoms with Crippen molar-refractivity contribution in [3.63, 3.8) is 0 Å². The van der Waals surface area contributed by atoms with Gasteiger partial charge >= 0.3 is 0 Å². The number of aryl methyl sites for hydroxylation is 1. The maximum Gasteiger partial charge on any atom is 0.251 e. The molecule has 0 aliphatic heterocycles. The van der Waals surface area contributed by atoms with Gasteiger partial charge < -0.3 is 9.73 Å². The third kappa shape index (κ3) is 3.42. The van der Waals surface area contributed by atoms with E-state index in [1.54, 1.807) is 24.5 Å². The lowest BCUT2D eigenvalue weighted by Gasteiger charge is -2.17. The van der Waals surface area contributed by atoms with Crippen molar-refractivity contribution in [1.82, 2.24) is 20.3 Å². The van der Waals surface area contributed by atoms with Gasteiger partial charge in [-0.1, -0.05) is 12.1 Å². The van der Waals surface area contributed by atoms with Crippen molar-refractivity contribution in [1.29, 1.82) is 0 Å². The minimum atomic E-state index is -0.138. The molecule has 0 saturated heterocycles. The van der Waals surface area contributed by atoms with Crippen molar-refractivity contribution in [2.24, 2.45) is 5.92 Å². The molecule has 4 rings (SSSR count). The van der Waals surface area contributed by atoms with E-state index in [9.17, 15) is 4.79 Å². The van der Waals surface area contributed by atoms with Crippen molar-refractivity contribution >= 4 is 5.91 Å². The van der Waals surface area contributed by atoms with Gasteiger partial charge in [0.1, 0.15) is 0 Å². The molecule has 1 aliphatic carbocycles. The van der Waals surface area contributed by atoms with E-state index in [4.69, 9.17) is 4.42 Å². The van der Waals surface area contributed by atoms with Gasteiger partial charge in [-0.25, -0.2) is 15.0 Å². The summed E-state index contributed by atoms with van der Waals surface area (Å²) >= 11 is 0. The van der Waals surface area contributed by atoms with Crippen molar-refractivity contribution < 1.29 is 9.21 Å². The topological polar surface area (TPSA) is 80.9 Å². The van der Waals surface area contributed by atoms with Crippen LogP contribution in [0, 0.1) is 12.8 Å². The Labute approximate surface area is 145 Å². The van der Waals surface area contributed by atoms with Crippen LogP contribution in [0.2, 0.25) is 0 Å². The number of rotatable bonds is 5. The monoisotopic (exact) mass is 334 g/mol. The maximum absolute atomic E-state index is 12.6. The van der Waals surface area contributed by atoms with Crippen LogP contribution in [0.3, 0.4) is 0 Å². The first-order valence-corrected chi connectivity index (χ1v) is 8.30. The summed E-state index contributed by atoms with van der Waals surface area (Å²) in [5.74, 6) is 1.66. The van der Waals surface area contributed by atoms with Gasteiger partial charge in [0.15, 0.2) is 18.0 Å². The van der Waals surface area contributed by atoms with Crippen LogP contribution < -0.4 is 5.32 Å². The second kappa shape index (κ2) is 6.47. The number of aromatic nitrogens is 3. The zero-order chi connectivity index (χ0) is 17.2. The lowest BCUT2D eigenvalue weighted by Crippen LogP contribution is -2.31. The molecule has 1 amide bonds. The Balaban J connectivity index is 1.52. The zero-order valence-corrected chi connectivity index (χ0v) is 13.8. The van der Waals surface area contributed by atoms with Crippen LogP contribution in [0.15, 0.2) is 53.5 Å². The fourth-order valence-corrected chi connectivity index (χ4v) is 2.81. The Morgan fingerprint density at radius 3 is 2.68 bits per heavy atom. The van der Waals surface area contributed by atoms with E-state index in [1.165, 1.54) is 6.39 Å². The van der Waals surface area contributed by atoms with Gasteiger partial charge in [0, 0.05) is 23.0 Å². The smallest absolute Gasteiger partial charge is 0.251 e. The van der Waals surface area contributed by atoms with Gasteiger partial charge in [-0.05, 0) is 43.9 Å². The molecule has 0 spiro atoms. The summed E-state index contributed by atoms with van der Waals surface area (Å²) in [5, 5.41) is 3.09. The number of carbonyl (C=O) groups excluding carboxylic acids is 1. The standard InChI is InChI=1S/C19H18N4O2/c1-12-8-9-21-18(22-12)17(14-4-5-14)23-19(24)15-6-2-13(3-7-15)16-10-20-11-25-16/h2-3,6-11,14,17H,4-5H2,1H3,(H,23,24)/t17-/m1/s1. The number of nitrogens with zero attached hydrogens (tertiary/aromatic N) is 3. The molecular weight excluding hydrogens is 316 g/mol. The molecule has 1 atom stereocenters. The molecule has 1 saturated carbocycles. The molecular formula is C19H18N4O2. The van der Waals surface area contributed by atoms with E-state index < -0.39 is 0 Å². The minimum absolute atomic E-state index is 0.119. The SMILES string of the molecule is Cc1ccnc([C@H](NC(=O)c2ccc(-c3cnco3)cc2)C2CC2)n1. The Hall–Kier alpha value is -3.02. The van der Waals surface area contributed by atoms with Gasteiger partial charge in [0.2, 0.25) is 0 Å². The van der Waals surface area contributed by atoms with Crippen LogP contribution in [0.5, 0.6) is 0 Å². The highest BCUT2D eigenvalue weighted by Crippen LogP contribution is 2.40. The summed E-state index contributed by atoms with van der Waals surface area (Å²) in [6, 6.07) is 9.00. The van der Waals surface area contributed by atoms with Crippen molar-refractivity contribution in [2.75, 3.05) is 0 Å². The molecule has 0 unspecified atom stereocenters. The second-order valence-corrected chi connectivity index (χ2v) is 6.29. The van der Waals surface area contributed by atoms with E-state index in [0.29, 0.717) is 23.1 Å². The largest absolute Gasteiger partial charge is 0.444 e. The average Bonchev–Trinajstić information content (AvgIpc) is 3.32. The molecule has 1 fully saturated rings. The minimum Gasteiger partial charge on any atom is -0.444 e. The molecule has 0 radical (unpaired) electrons. The number of oxazole rings is 1. The maximum atomic E-state index is 12.6. The first kappa shape index (κ1) is 15.5. The van der Waals surface area contributed by atoms with E-state index in [2.05, 4.69) is 20.3 Å². The molecule has 1 N–H and O–H groups in total. The first-order chi connectivity index (χ1) is 12.2. The van der Waals surface area contributed by atoms with Crippen LogP contribution in [0.1, 0.15) is 40.8 Å². The second-order valence-electron chi connectivity index (χ2n) is 6.29. The fourth-order valence-electron chi connectivity index (χ4n) is 2.81. The molecule has 1 aliphatic rings. The van der Waals surface area contributed by atoms with Gasteiger partial charge in [-0.3, -0.25) is 4.79 Å². The number of hydrogen-bond donors (Lipinski definition) is 1. The summed E-state index contributed by atoms with van der Waals surface area (Å²) in [5.41, 5.74) is 2.39. The van der Waals surface area contributed by atoms with Gasteiger partial charge in [-0.15, -0.1) is 0 Å². The Kier molecular flexibility index (Phi) is 4.01. The Morgan fingerprint density at radius 2 is 2.04 bits per heavy atom. The predicted octanol–water partition coefficient (Wildman–Crippen LogP) is 3.32. The van der Waals surface area contributed by atoms with Crippen molar-refractivity contribution in [2.45, 2.75) is 25.8 Å². The van der Waals surface area contributed by atoms with Crippen molar-refractivity contribution in [3.05, 3.63) is 66.2 Å². The summed E-state index contributed by atoms with van der Waals surface area (Å²) in [7, 11) is 0. The van der Waals surface area contributed by atoms with Crippen LogP contribution in [-0.2, 0) is 0 Å². The molecule has 6 nitrogen and oxygen atoms in total. The molecule has 25 heavy (non-hydrogen) atoms. The number of benzene rings is 1. The predicted molar refractivity (Wildman–Crippen MR) is 91.6 cm³/mol. The van der Waals surface area contributed by atoms with E-state index in [-0.39, 0.29) is 11.9 Å². The Bertz CT molecular complexity index is 871. The summed E-state index contributed by atoms with van der Waals surface area (Å²) in [6.45, 7) is 1.93. The van der Waals surface area contributed by atoms with Crippen molar-refractivity contribution in [3.8, 4) is 11.3 Å². The summed E-state index contributed by atoms with van der Waals surface area (Å²) in [4.78, 5) is 25.4.